The van der Waals surface area contributed by atoms with Crippen LogP contribution in [0.15, 0.2) is 46.9 Å². The van der Waals surface area contributed by atoms with Crippen molar-refractivity contribution in [2.45, 2.75) is 37.5 Å². The Hall–Kier alpha value is -2.06. The van der Waals surface area contributed by atoms with Crippen LogP contribution < -0.4 is 4.74 Å². The maximum Gasteiger partial charge on any atom is 0.416 e. The van der Waals surface area contributed by atoms with E-state index in [4.69, 9.17) is 4.74 Å². The summed E-state index contributed by atoms with van der Waals surface area (Å²) in [6.07, 6.45) is -2.33. The van der Waals surface area contributed by atoms with Gasteiger partial charge >= 0.3 is 12.1 Å². The molecule has 1 saturated heterocycles. The number of rotatable bonds is 5. The standard InChI is InChI=1S/C21H21BrF3NO3/c1-29-18-10-9-15(22)12-16(18)19(26-11-3-2-4-17(26)20(27)28)13-5-7-14(8-6-13)21(23,24)25/h5-10,12,17,19H,2-4,11H2,1H3,(H,27,28). The summed E-state index contributed by atoms with van der Waals surface area (Å²) in [6.45, 7) is 0.526. The summed E-state index contributed by atoms with van der Waals surface area (Å²) in [7, 11) is 1.52. The fourth-order valence-corrected chi connectivity index (χ4v) is 4.23. The summed E-state index contributed by atoms with van der Waals surface area (Å²) in [5.41, 5.74) is 0.548. The van der Waals surface area contributed by atoms with Gasteiger partial charge in [0.2, 0.25) is 0 Å². The number of piperidine rings is 1. The number of hydrogen-bond acceptors (Lipinski definition) is 3. The zero-order valence-corrected chi connectivity index (χ0v) is 17.3. The molecule has 2 unspecified atom stereocenters. The molecule has 2 aromatic rings. The Kier molecular flexibility index (Phi) is 6.53. The number of alkyl halides is 3. The number of carbonyl (C=O) groups is 1. The Morgan fingerprint density at radius 2 is 1.90 bits per heavy atom. The number of ether oxygens (including phenoxy) is 1. The number of aliphatic carboxylic acids is 1. The van der Waals surface area contributed by atoms with Crippen molar-refractivity contribution in [1.29, 1.82) is 0 Å². The van der Waals surface area contributed by atoms with Crippen LogP contribution in [0.3, 0.4) is 0 Å². The maximum absolute atomic E-state index is 13.0. The third kappa shape index (κ3) is 4.75. The summed E-state index contributed by atoms with van der Waals surface area (Å²) in [5.74, 6) is -0.386. The van der Waals surface area contributed by atoms with E-state index in [-0.39, 0.29) is 0 Å². The first-order valence-electron chi connectivity index (χ1n) is 9.21. The zero-order chi connectivity index (χ0) is 21.2. The highest BCUT2D eigenvalue weighted by molar-refractivity contribution is 9.10. The van der Waals surface area contributed by atoms with Crippen molar-refractivity contribution in [3.8, 4) is 5.75 Å². The van der Waals surface area contributed by atoms with Crippen LogP contribution in [0.2, 0.25) is 0 Å². The Bertz CT molecular complexity index is 870. The van der Waals surface area contributed by atoms with Gasteiger partial charge in [0.1, 0.15) is 11.8 Å². The van der Waals surface area contributed by atoms with E-state index in [0.717, 1.165) is 29.4 Å². The highest BCUT2D eigenvalue weighted by Crippen LogP contribution is 2.40. The lowest BCUT2D eigenvalue weighted by molar-refractivity contribution is -0.145. The SMILES string of the molecule is COc1ccc(Br)cc1C(c1ccc(C(F)(F)F)cc1)N1CCCCC1C(=O)O. The molecule has 1 heterocycles. The molecule has 3 rings (SSSR count). The molecule has 29 heavy (non-hydrogen) atoms. The first kappa shape index (κ1) is 21.6. The number of methoxy groups -OCH3 is 1. The number of nitrogens with zero attached hydrogens (tertiary/aromatic N) is 1. The second kappa shape index (κ2) is 8.75. The molecule has 0 saturated carbocycles. The molecule has 0 bridgehead atoms. The normalized spacial score (nSPS) is 19.0. The third-order valence-electron chi connectivity index (χ3n) is 5.20. The molecule has 1 fully saturated rings. The van der Waals surface area contributed by atoms with E-state index in [0.29, 0.717) is 29.8 Å². The Morgan fingerprint density at radius 1 is 1.21 bits per heavy atom. The molecule has 0 radical (unpaired) electrons. The van der Waals surface area contributed by atoms with Crippen molar-refractivity contribution in [1.82, 2.24) is 4.90 Å². The van der Waals surface area contributed by atoms with Crippen molar-refractivity contribution in [3.05, 3.63) is 63.6 Å². The largest absolute Gasteiger partial charge is 0.496 e. The molecule has 1 aliphatic rings. The lowest BCUT2D eigenvalue weighted by Crippen LogP contribution is -2.46. The highest BCUT2D eigenvalue weighted by Gasteiger charge is 2.37. The number of carboxylic acids is 1. The first-order valence-corrected chi connectivity index (χ1v) is 10.0. The van der Waals surface area contributed by atoms with E-state index in [1.165, 1.54) is 19.2 Å². The van der Waals surface area contributed by atoms with Crippen LogP contribution in [-0.2, 0) is 11.0 Å². The van der Waals surface area contributed by atoms with E-state index in [9.17, 15) is 23.1 Å². The highest BCUT2D eigenvalue weighted by atomic mass is 79.9. The minimum atomic E-state index is -4.43. The van der Waals surface area contributed by atoms with Gasteiger partial charge in [-0.1, -0.05) is 34.5 Å². The predicted molar refractivity (Wildman–Crippen MR) is 106 cm³/mol. The Balaban J connectivity index is 2.14. The van der Waals surface area contributed by atoms with Crippen LogP contribution in [0, 0.1) is 0 Å². The molecule has 0 aromatic heterocycles. The van der Waals surface area contributed by atoms with Crippen LogP contribution in [0.1, 0.15) is 42.0 Å². The van der Waals surface area contributed by atoms with Gasteiger partial charge in [-0.15, -0.1) is 0 Å². The number of likely N-dealkylation sites (tertiary alicyclic amines) is 1. The van der Waals surface area contributed by atoms with E-state index < -0.39 is 29.8 Å². The molecular weight excluding hydrogens is 451 g/mol. The fraction of sp³-hybridized carbons (Fsp3) is 0.381. The molecule has 4 nitrogen and oxygen atoms in total. The monoisotopic (exact) mass is 471 g/mol. The Labute approximate surface area is 175 Å². The van der Waals surface area contributed by atoms with Crippen LogP contribution in [-0.4, -0.2) is 35.7 Å². The minimum Gasteiger partial charge on any atom is -0.496 e. The summed E-state index contributed by atoms with van der Waals surface area (Å²) >= 11 is 3.43. The van der Waals surface area contributed by atoms with E-state index in [2.05, 4.69) is 15.9 Å². The van der Waals surface area contributed by atoms with Gasteiger partial charge in [-0.2, -0.15) is 13.2 Å². The molecular formula is C21H21BrF3NO3. The molecule has 0 amide bonds. The summed E-state index contributed by atoms with van der Waals surface area (Å²) in [6, 6.07) is 9.02. The molecule has 2 aromatic carbocycles. The van der Waals surface area contributed by atoms with Crippen LogP contribution >= 0.6 is 15.9 Å². The number of halogens is 4. The second-order valence-corrected chi connectivity index (χ2v) is 7.91. The van der Waals surface area contributed by atoms with E-state index in [1.807, 2.05) is 11.0 Å². The minimum absolute atomic E-state index is 0.489. The van der Waals surface area contributed by atoms with Crippen molar-refractivity contribution >= 4 is 21.9 Å². The maximum atomic E-state index is 13.0. The molecule has 1 aliphatic heterocycles. The molecule has 2 atom stereocenters. The van der Waals surface area contributed by atoms with Gasteiger partial charge in [-0.05, 0) is 55.3 Å². The number of carboxylic acid groups (broad SMARTS) is 1. The van der Waals surface area contributed by atoms with Gasteiger partial charge in [0.15, 0.2) is 0 Å². The van der Waals surface area contributed by atoms with E-state index in [1.54, 1.807) is 12.1 Å². The van der Waals surface area contributed by atoms with Gasteiger partial charge < -0.3 is 9.84 Å². The fourth-order valence-electron chi connectivity index (χ4n) is 3.85. The lowest BCUT2D eigenvalue weighted by Gasteiger charge is -2.40. The molecule has 8 heteroatoms. The molecule has 0 spiro atoms. The molecule has 0 aliphatic carbocycles. The van der Waals surface area contributed by atoms with E-state index >= 15 is 0 Å². The second-order valence-electron chi connectivity index (χ2n) is 7.00. The average molecular weight is 472 g/mol. The van der Waals surface area contributed by atoms with Crippen LogP contribution in [0.5, 0.6) is 5.75 Å². The van der Waals surface area contributed by atoms with Gasteiger partial charge in [0.25, 0.3) is 0 Å². The first-order chi connectivity index (χ1) is 13.7. The topological polar surface area (TPSA) is 49.8 Å². The lowest BCUT2D eigenvalue weighted by atomic mass is 9.90. The summed E-state index contributed by atoms with van der Waals surface area (Å²) in [4.78, 5) is 13.8. The number of benzene rings is 2. The quantitative estimate of drug-likeness (QED) is 0.624. The molecule has 156 valence electrons. The number of hydrogen-bond donors (Lipinski definition) is 1. The van der Waals surface area contributed by atoms with Crippen molar-refractivity contribution in [2.75, 3.05) is 13.7 Å². The van der Waals surface area contributed by atoms with Crippen LogP contribution in [0.4, 0.5) is 13.2 Å². The van der Waals surface area contributed by atoms with Crippen molar-refractivity contribution in [2.24, 2.45) is 0 Å². The zero-order valence-electron chi connectivity index (χ0n) is 15.7. The van der Waals surface area contributed by atoms with Gasteiger partial charge in [-0.3, -0.25) is 9.69 Å². The smallest absolute Gasteiger partial charge is 0.416 e. The summed E-state index contributed by atoms with van der Waals surface area (Å²) < 4.78 is 45.3. The third-order valence-corrected chi connectivity index (χ3v) is 5.69. The summed E-state index contributed by atoms with van der Waals surface area (Å²) in [5, 5.41) is 9.75. The van der Waals surface area contributed by atoms with Crippen molar-refractivity contribution in [3.63, 3.8) is 0 Å². The molecule has 1 N–H and O–H groups in total. The van der Waals surface area contributed by atoms with Gasteiger partial charge in [-0.25, -0.2) is 0 Å². The van der Waals surface area contributed by atoms with Gasteiger partial charge in [0.05, 0.1) is 18.7 Å². The van der Waals surface area contributed by atoms with Crippen LogP contribution in [0.25, 0.3) is 0 Å². The Morgan fingerprint density at radius 3 is 2.48 bits per heavy atom. The predicted octanol–water partition coefficient (Wildman–Crippen LogP) is 5.51. The van der Waals surface area contributed by atoms with Crippen molar-refractivity contribution < 1.29 is 27.8 Å². The van der Waals surface area contributed by atoms with Gasteiger partial charge in [0, 0.05) is 10.0 Å². The average Bonchev–Trinajstić information content (AvgIpc) is 2.68.